The summed E-state index contributed by atoms with van der Waals surface area (Å²) in [7, 11) is 1.58. The number of carbonyl (C=O) groups excluding carboxylic acids is 2. The normalized spacial score (nSPS) is 16.8. The monoisotopic (exact) mass is 483 g/mol. The molecule has 1 aliphatic heterocycles. The Morgan fingerprint density at radius 1 is 1.00 bits per heavy atom. The molecule has 5 rings (SSSR count). The van der Waals surface area contributed by atoms with Crippen molar-refractivity contribution in [2.24, 2.45) is 0 Å². The zero-order valence-electron chi connectivity index (χ0n) is 21.1. The van der Waals surface area contributed by atoms with Gasteiger partial charge in [-0.1, -0.05) is 62.6 Å². The number of ether oxygens (including phenoxy) is 2. The van der Waals surface area contributed by atoms with Gasteiger partial charge in [0, 0.05) is 35.7 Å². The van der Waals surface area contributed by atoms with Crippen molar-refractivity contribution < 1.29 is 19.1 Å². The van der Waals surface area contributed by atoms with E-state index in [9.17, 15) is 9.59 Å². The van der Waals surface area contributed by atoms with Crippen LogP contribution in [0.15, 0.2) is 65.9 Å². The van der Waals surface area contributed by atoms with Gasteiger partial charge in [0.2, 0.25) is 0 Å². The van der Waals surface area contributed by atoms with E-state index < -0.39 is 0 Å². The van der Waals surface area contributed by atoms with Gasteiger partial charge in [-0.25, -0.2) is 0 Å². The molecule has 5 heteroatoms. The van der Waals surface area contributed by atoms with Crippen LogP contribution in [0, 0.1) is 0 Å². The van der Waals surface area contributed by atoms with Gasteiger partial charge in [0.25, 0.3) is 0 Å². The number of esters is 1. The summed E-state index contributed by atoms with van der Waals surface area (Å²) >= 11 is 0. The lowest BCUT2D eigenvalue weighted by Crippen LogP contribution is -2.27. The first kappa shape index (κ1) is 24.1. The number of unbranched alkanes of at least 4 members (excludes halogenated alkanes) is 3. The van der Waals surface area contributed by atoms with E-state index in [1.54, 1.807) is 13.2 Å². The maximum atomic E-state index is 13.3. The van der Waals surface area contributed by atoms with Crippen molar-refractivity contribution in [3.05, 3.63) is 77.0 Å². The lowest BCUT2D eigenvalue weighted by atomic mass is 9.74. The van der Waals surface area contributed by atoms with Crippen LogP contribution in [-0.2, 0) is 9.59 Å². The van der Waals surface area contributed by atoms with Crippen LogP contribution in [0.25, 0.3) is 10.8 Å². The Morgan fingerprint density at radius 3 is 2.69 bits per heavy atom. The quantitative estimate of drug-likeness (QED) is 0.207. The van der Waals surface area contributed by atoms with Crippen LogP contribution in [0.1, 0.15) is 75.3 Å². The molecular formula is C31H33NO4. The third kappa shape index (κ3) is 4.62. The third-order valence-corrected chi connectivity index (χ3v) is 7.27. The Kier molecular flexibility index (Phi) is 7.08. The standard InChI is InChI=1S/C31H33NO4/c1-3-4-5-6-14-28(34)36-26-18-16-21(19-27(26)35-2)29-30-22-11-8-7-10-20(22)15-17-24(30)32-23-12-9-13-25(33)31(23)29/h7-8,10-11,15-19,29,32H,3-6,9,12-14H2,1-2H3. The number of hydrogen-bond donors (Lipinski definition) is 1. The molecule has 0 bridgehead atoms. The second-order valence-corrected chi connectivity index (χ2v) is 9.67. The molecule has 1 atom stereocenters. The highest BCUT2D eigenvalue weighted by molar-refractivity contribution is 6.04. The highest BCUT2D eigenvalue weighted by atomic mass is 16.6. The predicted octanol–water partition coefficient (Wildman–Crippen LogP) is 7.29. The second kappa shape index (κ2) is 10.6. The van der Waals surface area contributed by atoms with Crippen LogP contribution in [0.5, 0.6) is 11.5 Å². The predicted molar refractivity (Wildman–Crippen MR) is 143 cm³/mol. The van der Waals surface area contributed by atoms with Gasteiger partial charge in [-0.05, 0) is 59.4 Å². The number of carbonyl (C=O) groups is 2. The van der Waals surface area contributed by atoms with E-state index in [2.05, 4.69) is 36.5 Å². The first-order valence-electron chi connectivity index (χ1n) is 13.0. The number of anilines is 1. The van der Waals surface area contributed by atoms with E-state index >= 15 is 0 Å². The maximum absolute atomic E-state index is 13.3. The fraction of sp³-hybridized carbons (Fsp3) is 0.355. The van der Waals surface area contributed by atoms with E-state index in [-0.39, 0.29) is 17.7 Å². The van der Waals surface area contributed by atoms with Gasteiger partial charge in [0.1, 0.15) is 0 Å². The number of ketones is 1. The molecule has 186 valence electrons. The minimum atomic E-state index is -0.247. The van der Waals surface area contributed by atoms with Crippen LogP contribution in [0.3, 0.4) is 0 Å². The smallest absolute Gasteiger partial charge is 0.311 e. The van der Waals surface area contributed by atoms with E-state index in [0.717, 1.165) is 77.4 Å². The van der Waals surface area contributed by atoms with Gasteiger partial charge >= 0.3 is 5.97 Å². The van der Waals surface area contributed by atoms with E-state index in [0.29, 0.717) is 24.3 Å². The number of benzene rings is 3. The Balaban J connectivity index is 1.55. The van der Waals surface area contributed by atoms with E-state index in [4.69, 9.17) is 9.47 Å². The van der Waals surface area contributed by atoms with Crippen molar-refractivity contribution in [2.45, 2.75) is 64.2 Å². The molecule has 0 radical (unpaired) electrons. The molecule has 1 aliphatic carbocycles. The maximum Gasteiger partial charge on any atom is 0.311 e. The number of methoxy groups -OCH3 is 1. The summed E-state index contributed by atoms with van der Waals surface area (Å²) in [4.78, 5) is 25.7. The lowest BCUT2D eigenvalue weighted by Gasteiger charge is -2.35. The van der Waals surface area contributed by atoms with Gasteiger partial charge in [0.05, 0.1) is 7.11 Å². The fourth-order valence-electron chi connectivity index (χ4n) is 5.50. The van der Waals surface area contributed by atoms with Crippen LogP contribution < -0.4 is 14.8 Å². The first-order valence-corrected chi connectivity index (χ1v) is 13.0. The fourth-order valence-corrected chi connectivity index (χ4v) is 5.50. The summed E-state index contributed by atoms with van der Waals surface area (Å²) in [5.74, 6) is 0.637. The number of allylic oxidation sites excluding steroid dienone is 2. The third-order valence-electron chi connectivity index (χ3n) is 7.27. The molecular weight excluding hydrogens is 450 g/mol. The summed E-state index contributed by atoms with van der Waals surface area (Å²) in [6.07, 6.45) is 6.76. The summed E-state index contributed by atoms with van der Waals surface area (Å²) < 4.78 is 11.3. The highest BCUT2D eigenvalue weighted by Crippen LogP contribution is 2.49. The second-order valence-electron chi connectivity index (χ2n) is 9.67. The van der Waals surface area contributed by atoms with Crippen molar-refractivity contribution in [2.75, 3.05) is 12.4 Å². The van der Waals surface area contributed by atoms with Gasteiger partial charge in [-0.15, -0.1) is 0 Å². The van der Waals surface area contributed by atoms with Crippen LogP contribution in [-0.4, -0.2) is 18.9 Å². The Morgan fingerprint density at radius 2 is 1.86 bits per heavy atom. The van der Waals surface area contributed by atoms with Crippen LogP contribution in [0.4, 0.5) is 5.69 Å². The summed E-state index contributed by atoms with van der Waals surface area (Å²) in [6.45, 7) is 2.15. The Bertz CT molecular complexity index is 1340. The van der Waals surface area contributed by atoms with Crippen LogP contribution in [0.2, 0.25) is 0 Å². The first-order chi connectivity index (χ1) is 17.6. The molecule has 0 saturated carbocycles. The topological polar surface area (TPSA) is 64.6 Å². The van der Waals surface area contributed by atoms with Gasteiger partial charge in [-0.3, -0.25) is 9.59 Å². The molecule has 0 spiro atoms. The molecule has 3 aromatic rings. The van der Waals surface area contributed by atoms with Crippen molar-refractivity contribution >= 4 is 28.2 Å². The van der Waals surface area contributed by atoms with Crippen molar-refractivity contribution in [1.82, 2.24) is 0 Å². The minimum Gasteiger partial charge on any atom is -0.493 e. The zero-order valence-corrected chi connectivity index (χ0v) is 21.1. The van der Waals surface area contributed by atoms with E-state index in [1.807, 2.05) is 24.3 Å². The molecule has 1 heterocycles. The SMILES string of the molecule is CCCCCCC(=O)Oc1ccc(C2C3=C(CCCC3=O)Nc3ccc4ccccc4c32)cc1OC. The number of fused-ring (bicyclic) bond motifs is 3. The van der Waals surface area contributed by atoms with Crippen molar-refractivity contribution in [3.8, 4) is 11.5 Å². The minimum absolute atomic E-state index is 0.189. The van der Waals surface area contributed by atoms with Gasteiger partial charge < -0.3 is 14.8 Å². The molecule has 1 N–H and O–H groups in total. The zero-order chi connectivity index (χ0) is 25.1. The molecule has 0 fully saturated rings. The summed E-state index contributed by atoms with van der Waals surface area (Å²) in [5, 5.41) is 5.83. The van der Waals surface area contributed by atoms with Crippen molar-refractivity contribution in [1.29, 1.82) is 0 Å². The number of Topliss-reactive ketones (excluding diaryl/α,β-unsaturated/α-hetero) is 1. The number of nitrogens with one attached hydrogen (secondary N) is 1. The van der Waals surface area contributed by atoms with Gasteiger partial charge in [0.15, 0.2) is 17.3 Å². The molecule has 36 heavy (non-hydrogen) atoms. The average Bonchev–Trinajstić information content (AvgIpc) is 2.90. The molecule has 1 unspecified atom stereocenters. The number of hydrogen-bond acceptors (Lipinski definition) is 5. The summed E-state index contributed by atoms with van der Waals surface area (Å²) in [5.41, 5.74) is 4.95. The number of rotatable bonds is 8. The lowest BCUT2D eigenvalue weighted by molar-refractivity contribution is -0.134. The molecule has 0 aromatic heterocycles. The molecule has 3 aromatic carbocycles. The molecule has 0 saturated heterocycles. The molecule has 0 amide bonds. The average molecular weight is 484 g/mol. The van der Waals surface area contributed by atoms with Crippen molar-refractivity contribution in [3.63, 3.8) is 0 Å². The summed E-state index contributed by atoms with van der Waals surface area (Å²) in [6, 6.07) is 18.2. The largest absolute Gasteiger partial charge is 0.493 e. The van der Waals surface area contributed by atoms with E-state index in [1.165, 1.54) is 0 Å². The Labute approximate surface area is 212 Å². The highest BCUT2D eigenvalue weighted by Gasteiger charge is 2.36. The van der Waals surface area contributed by atoms with Gasteiger partial charge in [-0.2, -0.15) is 0 Å². The van der Waals surface area contributed by atoms with Crippen LogP contribution >= 0.6 is 0 Å². The molecule has 2 aliphatic rings. The molecule has 5 nitrogen and oxygen atoms in total. The Hall–Kier alpha value is -3.60.